The van der Waals surface area contributed by atoms with Gasteiger partial charge in [0.05, 0.1) is 0 Å². The summed E-state index contributed by atoms with van der Waals surface area (Å²) in [6.45, 7) is 9.86. The molecule has 0 aromatic heterocycles. The largest absolute Gasteiger partial charge is 0.508 e. The molecule has 1 aliphatic rings. The Hall–Kier alpha value is -1.48. The highest BCUT2D eigenvalue weighted by atomic mass is 16.3. The quantitative estimate of drug-likeness (QED) is 0.711. The minimum absolute atomic E-state index is 0.178. The predicted octanol–water partition coefficient (Wildman–Crippen LogP) is 3.61. The molecule has 0 spiro atoms. The van der Waals surface area contributed by atoms with Gasteiger partial charge >= 0.3 is 0 Å². The van der Waals surface area contributed by atoms with Gasteiger partial charge in [-0.1, -0.05) is 19.1 Å². The van der Waals surface area contributed by atoms with Gasteiger partial charge in [0.25, 0.3) is 0 Å². The molecule has 1 aliphatic carbocycles. The van der Waals surface area contributed by atoms with Crippen LogP contribution in [0.4, 0.5) is 5.69 Å². The molecule has 0 saturated heterocycles. The number of phenolic OH excluding ortho intramolecular Hbond substituents is 1. The van der Waals surface area contributed by atoms with Crippen LogP contribution in [0.15, 0.2) is 30.9 Å². The molecule has 0 bridgehead atoms. The standard InChI is InChI=1S/C17H26N2O/c1-4-10-18-13(3)16-9-8-15(12-17(16)20)19(11-5-2)14-6-7-14/h5,8-9,12-14,18,20H,2,4,6-7,10-11H2,1,3H3. The lowest BCUT2D eigenvalue weighted by atomic mass is 10.1. The van der Waals surface area contributed by atoms with E-state index in [-0.39, 0.29) is 6.04 Å². The number of nitrogens with zero attached hydrogens (tertiary/aromatic N) is 1. The monoisotopic (exact) mass is 274 g/mol. The number of hydrogen-bond acceptors (Lipinski definition) is 3. The van der Waals surface area contributed by atoms with E-state index in [0.717, 1.165) is 30.8 Å². The molecule has 110 valence electrons. The predicted molar refractivity (Wildman–Crippen MR) is 85.4 cm³/mol. The van der Waals surface area contributed by atoms with Crippen molar-refractivity contribution in [2.45, 2.75) is 45.2 Å². The molecule has 1 unspecified atom stereocenters. The Balaban J connectivity index is 2.13. The van der Waals surface area contributed by atoms with E-state index in [9.17, 15) is 5.11 Å². The average Bonchev–Trinajstić information content (AvgIpc) is 3.26. The molecular formula is C17H26N2O. The van der Waals surface area contributed by atoms with Crippen LogP contribution in [0.2, 0.25) is 0 Å². The first-order valence-corrected chi connectivity index (χ1v) is 7.61. The van der Waals surface area contributed by atoms with Crippen molar-refractivity contribution in [3.05, 3.63) is 36.4 Å². The second kappa shape index (κ2) is 6.80. The van der Waals surface area contributed by atoms with Gasteiger partial charge in [-0.3, -0.25) is 0 Å². The summed E-state index contributed by atoms with van der Waals surface area (Å²) in [6.07, 6.45) is 5.50. The zero-order valence-corrected chi connectivity index (χ0v) is 12.6. The molecule has 3 heteroatoms. The maximum absolute atomic E-state index is 10.3. The second-order valence-electron chi connectivity index (χ2n) is 5.59. The fourth-order valence-electron chi connectivity index (χ4n) is 2.54. The highest BCUT2D eigenvalue weighted by Crippen LogP contribution is 2.35. The number of benzene rings is 1. The van der Waals surface area contributed by atoms with E-state index in [0.29, 0.717) is 11.8 Å². The SMILES string of the molecule is C=CCN(c1ccc(C(C)NCCC)c(O)c1)C1CC1. The van der Waals surface area contributed by atoms with E-state index in [1.165, 1.54) is 12.8 Å². The number of anilines is 1. The minimum atomic E-state index is 0.178. The van der Waals surface area contributed by atoms with E-state index < -0.39 is 0 Å². The van der Waals surface area contributed by atoms with Crippen molar-refractivity contribution in [3.8, 4) is 5.75 Å². The van der Waals surface area contributed by atoms with Crippen LogP contribution in [0.25, 0.3) is 0 Å². The molecule has 1 aromatic rings. The first-order chi connectivity index (χ1) is 9.67. The van der Waals surface area contributed by atoms with E-state index in [2.05, 4.69) is 36.7 Å². The third-order valence-corrected chi connectivity index (χ3v) is 3.83. The molecule has 20 heavy (non-hydrogen) atoms. The molecule has 0 amide bonds. The van der Waals surface area contributed by atoms with E-state index in [1.807, 2.05) is 18.2 Å². The molecule has 1 saturated carbocycles. The number of hydrogen-bond donors (Lipinski definition) is 2. The summed E-state index contributed by atoms with van der Waals surface area (Å²) in [6, 6.07) is 6.84. The highest BCUT2D eigenvalue weighted by molar-refractivity contribution is 5.55. The number of nitrogens with one attached hydrogen (secondary N) is 1. The average molecular weight is 274 g/mol. The lowest BCUT2D eigenvalue weighted by molar-refractivity contribution is 0.452. The molecule has 0 heterocycles. The van der Waals surface area contributed by atoms with Crippen molar-refractivity contribution in [1.82, 2.24) is 5.32 Å². The summed E-state index contributed by atoms with van der Waals surface area (Å²) in [7, 11) is 0. The summed E-state index contributed by atoms with van der Waals surface area (Å²) in [4.78, 5) is 2.32. The second-order valence-corrected chi connectivity index (χ2v) is 5.59. The van der Waals surface area contributed by atoms with Crippen LogP contribution in [0.5, 0.6) is 5.75 Å². The summed E-state index contributed by atoms with van der Waals surface area (Å²) in [5, 5.41) is 13.7. The topological polar surface area (TPSA) is 35.5 Å². The van der Waals surface area contributed by atoms with Gasteiger partial charge < -0.3 is 15.3 Å². The molecular weight excluding hydrogens is 248 g/mol. The Morgan fingerprint density at radius 3 is 2.80 bits per heavy atom. The fourth-order valence-corrected chi connectivity index (χ4v) is 2.54. The van der Waals surface area contributed by atoms with Gasteiger partial charge in [0.15, 0.2) is 0 Å². The molecule has 2 N–H and O–H groups in total. The third-order valence-electron chi connectivity index (χ3n) is 3.83. The number of rotatable bonds is 8. The summed E-state index contributed by atoms with van der Waals surface area (Å²) < 4.78 is 0. The smallest absolute Gasteiger partial charge is 0.122 e. The van der Waals surface area contributed by atoms with Gasteiger partial charge in [-0.25, -0.2) is 0 Å². The first kappa shape index (κ1) is 14.9. The van der Waals surface area contributed by atoms with Crippen molar-refractivity contribution in [2.24, 2.45) is 0 Å². The van der Waals surface area contributed by atoms with Crippen molar-refractivity contribution in [2.75, 3.05) is 18.0 Å². The van der Waals surface area contributed by atoms with Gasteiger partial charge in [0.2, 0.25) is 0 Å². The van der Waals surface area contributed by atoms with Crippen molar-refractivity contribution < 1.29 is 5.11 Å². The molecule has 1 fully saturated rings. The zero-order chi connectivity index (χ0) is 14.5. The Morgan fingerprint density at radius 2 is 2.25 bits per heavy atom. The van der Waals surface area contributed by atoms with Crippen LogP contribution in [-0.2, 0) is 0 Å². The Bertz CT molecular complexity index is 454. The van der Waals surface area contributed by atoms with Crippen molar-refractivity contribution in [1.29, 1.82) is 0 Å². The van der Waals surface area contributed by atoms with Gasteiger partial charge in [-0.2, -0.15) is 0 Å². The minimum Gasteiger partial charge on any atom is -0.508 e. The Morgan fingerprint density at radius 1 is 1.50 bits per heavy atom. The van der Waals surface area contributed by atoms with Gasteiger partial charge in [-0.05, 0) is 38.8 Å². The van der Waals surface area contributed by atoms with Crippen molar-refractivity contribution in [3.63, 3.8) is 0 Å². The summed E-state index contributed by atoms with van der Waals surface area (Å²) in [5.74, 6) is 0.383. The van der Waals surface area contributed by atoms with Gasteiger partial charge in [-0.15, -0.1) is 6.58 Å². The highest BCUT2D eigenvalue weighted by Gasteiger charge is 2.28. The summed E-state index contributed by atoms with van der Waals surface area (Å²) >= 11 is 0. The molecule has 0 aliphatic heterocycles. The normalized spacial score (nSPS) is 15.9. The van der Waals surface area contributed by atoms with E-state index in [4.69, 9.17) is 0 Å². The lowest BCUT2D eigenvalue weighted by Crippen LogP contribution is -2.25. The first-order valence-electron chi connectivity index (χ1n) is 7.61. The van der Waals surface area contributed by atoms with Crippen LogP contribution in [-0.4, -0.2) is 24.2 Å². The van der Waals surface area contributed by atoms with E-state index in [1.54, 1.807) is 0 Å². The molecule has 1 atom stereocenters. The fraction of sp³-hybridized carbons (Fsp3) is 0.529. The van der Waals surface area contributed by atoms with Gasteiger partial charge in [0.1, 0.15) is 5.75 Å². The van der Waals surface area contributed by atoms with Crippen LogP contribution in [0.1, 0.15) is 44.7 Å². The summed E-state index contributed by atoms with van der Waals surface area (Å²) in [5.41, 5.74) is 2.06. The molecule has 1 aromatic carbocycles. The Kier molecular flexibility index (Phi) is 5.07. The van der Waals surface area contributed by atoms with Gasteiger partial charge in [0, 0.05) is 35.9 Å². The van der Waals surface area contributed by atoms with Crippen LogP contribution < -0.4 is 10.2 Å². The Labute approximate surface area is 122 Å². The maximum atomic E-state index is 10.3. The van der Waals surface area contributed by atoms with E-state index >= 15 is 0 Å². The third kappa shape index (κ3) is 3.54. The van der Waals surface area contributed by atoms with Crippen LogP contribution in [0.3, 0.4) is 0 Å². The molecule has 3 nitrogen and oxygen atoms in total. The maximum Gasteiger partial charge on any atom is 0.122 e. The zero-order valence-electron chi connectivity index (χ0n) is 12.6. The lowest BCUT2D eigenvalue weighted by Gasteiger charge is -2.24. The molecule has 0 radical (unpaired) electrons. The van der Waals surface area contributed by atoms with Crippen LogP contribution >= 0.6 is 0 Å². The van der Waals surface area contributed by atoms with Crippen molar-refractivity contribution >= 4 is 5.69 Å². The van der Waals surface area contributed by atoms with Crippen LogP contribution in [0, 0.1) is 0 Å². The molecule has 2 rings (SSSR count). The number of aromatic hydroxyl groups is 1. The number of phenols is 1.